The standard InChI is InChI=1S/C12H27NO.C2H6/c1-3-5-7-8-12(14)9-11-13-10-6-4-2;1-2/h12-14H,3-11H2,1-2H3;1-2H3. The highest BCUT2D eigenvalue weighted by molar-refractivity contribution is 4.58. The van der Waals surface area contributed by atoms with Gasteiger partial charge in [-0.15, -0.1) is 0 Å². The Hall–Kier alpha value is -0.0800. The van der Waals surface area contributed by atoms with Gasteiger partial charge in [-0.25, -0.2) is 0 Å². The highest BCUT2D eigenvalue weighted by atomic mass is 16.3. The zero-order chi connectivity index (χ0) is 12.6. The molecule has 16 heavy (non-hydrogen) atoms. The number of aliphatic hydroxyl groups excluding tert-OH is 1. The lowest BCUT2D eigenvalue weighted by molar-refractivity contribution is 0.150. The molecule has 0 aromatic rings. The Labute approximate surface area is 103 Å². The van der Waals surface area contributed by atoms with Crippen LogP contribution in [-0.2, 0) is 0 Å². The molecule has 0 rings (SSSR count). The van der Waals surface area contributed by atoms with E-state index in [0.29, 0.717) is 0 Å². The summed E-state index contributed by atoms with van der Waals surface area (Å²) >= 11 is 0. The van der Waals surface area contributed by atoms with E-state index in [1.54, 1.807) is 0 Å². The third-order valence-electron chi connectivity index (χ3n) is 2.50. The highest BCUT2D eigenvalue weighted by Gasteiger charge is 2.02. The Kier molecular flexibility index (Phi) is 19.8. The second-order valence-corrected chi connectivity index (χ2v) is 4.04. The maximum Gasteiger partial charge on any atom is 0.0552 e. The van der Waals surface area contributed by atoms with E-state index in [1.165, 1.54) is 32.1 Å². The Bertz CT molecular complexity index is 107. The largest absolute Gasteiger partial charge is 0.393 e. The molecule has 1 unspecified atom stereocenters. The number of hydrogen-bond acceptors (Lipinski definition) is 2. The van der Waals surface area contributed by atoms with Gasteiger partial charge in [0.05, 0.1) is 6.10 Å². The summed E-state index contributed by atoms with van der Waals surface area (Å²) in [7, 11) is 0. The second-order valence-electron chi connectivity index (χ2n) is 4.04. The van der Waals surface area contributed by atoms with E-state index in [1.807, 2.05) is 13.8 Å². The van der Waals surface area contributed by atoms with Gasteiger partial charge in [-0.3, -0.25) is 0 Å². The van der Waals surface area contributed by atoms with Crippen LogP contribution in [0.5, 0.6) is 0 Å². The van der Waals surface area contributed by atoms with Crippen LogP contribution in [0.15, 0.2) is 0 Å². The van der Waals surface area contributed by atoms with Crippen molar-refractivity contribution in [2.24, 2.45) is 0 Å². The summed E-state index contributed by atoms with van der Waals surface area (Å²) in [5.41, 5.74) is 0. The van der Waals surface area contributed by atoms with Crippen molar-refractivity contribution in [1.82, 2.24) is 5.32 Å². The number of rotatable bonds is 10. The summed E-state index contributed by atoms with van der Waals surface area (Å²) in [5, 5.41) is 12.9. The topological polar surface area (TPSA) is 32.3 Å². The first-order valence-electron chi connectivity index (χ1n) is 7.20. The minimum Gasteiger partial charge on any atom is -0.393 e. The normalized spacial score (nSPS) is 11.8. The van der Waals surface area contributed by atoms with Gasteiger partial charge in [0.15, 0.2) is 0 Å². The molecular weight excluding hydrogens is 198 g/mol. The van der Waals surface area contributed by atoms with Gasteiger partial charge in [-0.2, -0.15) is 0 Å². The lowest BCUT2D eigenvalue weighted by Gasteiger charge is -2.10. The third kappa shape index (κ3) is 16.4. The average Bonchev–Trinajstić information content (AvgIpc) is 2.32. The molecule has 0 radical (unpaired) electrons. The Morgan fingerprint density at radius 2 is 1.50 bits per heavy atom. The molecule has 2 nitrogen and oxygen atoms in total. The lowest BCUT2D eigenvalue weighted by atomic mass is 10.1. The van der Waals surface area contributed by atoms with Crippen molar-refractivity contribution in [3.63, 3.8) is 0 Å². The first-order chi connectivity index (χ1) is 7.81. The van der Waals surface area contributed by atoms with E-state index < -0.39 is 0 Å². The van der Waals surface area contributed by atoms with Crippen LogP contribution in [0.3, 0.4) is 0 Å². The smallest absolute Gasteiger partial charge is 0.0552 e. The molecule has 0 aromatic heterocycles. The van der Waals surface area contributed by atoms with Crippen LogP contribution in [0.2, 0.25) is 0 Å². The molecule has 1 atom stereocenters. The van der Waals surface area contributed by atoms with Crippen molar-refractivity contribution in [1.29, 1.82) is 0 Å². The molecule has 0 heterocycles. The molecule has 0 saturated heterocycles. The number of aliphatic hydroxyl groups is 1. The van der Waals surface area contributed by atoms with Gasteiger partial charge in [0.2, 0.25) is 0 Å². The van der Waals surface area contributed by atoms with Crippen LogP contribution >= 0.6 is 0 Å². The van der Waals surface area contributed by atoms with Crippen molar-refractivity contribution < 1.29 is 5.11 Å². The van der Waals surface area contributed by atoms with Crippen LogP contribution in [-0.4, -0.2) is 24.3 Å². The van der Waals surface area contributed by atoms with E-state index in [9.17, 15) is 5.11 Å². The van der Waals surface area contributed by atoms with E-state index in [-0.39, 0.29) is 6.10 Å². The summed E-state index contributed by atoms with van der Waals surface area (Å²) < 4.78 is 0. The summed E-state index contributed by atoms with van der Waals surface area (Å²) in [6, 6.07) is 0. The highest BCUT2D eigenvalue weighted by Crippen LogP contribution is 2.05. The molecule has 2 N–H and O–H groups in total. The SMILES string of the molecule is CC.CCCCCC(O)CCNCCCC. The zero-order valence-electron chi connectivity index (χ0n) is 11.9. The fraction of sp³-hybridized carbons (Fsp3) is 1.00. The maximum atomic E-state index is 9.59. The van der Waals surface area contributed by atoms with E-state index in [2.05, 4.69) is 19.2 Å². The van der Waals surface area contributed by atoms with Gasteiger partial charge in [0.1, 0.15) is 0 Å². The molecule has 0 saturated carbocycles. The Morgan fingerprint density at radius 1 is 0.875 bits per heavy atom. The summed E-state index contributed by atoms with van der Waals surface area (Å²) in [6.45, 7) is 10.4. The first kappa shape index (κ1) is 18.3. The fourth-order valence-electron chi connectivity index (χ4n) is 1.47. The Balaban J connectivity index is 0. The predicted octanol–water partition coefficient (Wildman–Crippen LogP) is 3.73. The van der Waals surface area contributed by atoms with Crippen LogP contribution in [0.25, 0.3) is 0 Å². The van der Waals surface area contributed by atoms with Crippen molar-refractivity contribution in [3.8, 4) is 0 Å². The second kappa shape index (κ2) is 17.3. The van der Waals surface area contributed by atoms with E-state index in [0.717, 1.165) is 25.9 Å². The molecule has 0 aromatic carbocycles. The maximum absolute atomic E-state index is 9.59. The molecule has 0 aliphatic carbocycles. The first-order valence-corrected chi connectivity index (χ1v) is 7.20. The third-order valence-corrected chi connectivity index (χ3v) is 2.50. The van der Waals surface area contributed by atoms with Gasteiger partial charge in [0.25, 0.3) is 0 Å². The molecule has 0 aliphatic rings. The summed E-state index contributed by atoms with van der Waals surface area (Å²) in [4.78, 5) is 0. The molecule has 0 amide bonds. The quantitative estimate of drug-likeness (QED) is 0.561. The van der Waals surface area contributed by atoms with Crippen molar-refractivity contribution in [3.05, 3.63) is 0 Å². The van der Waals surface area contributed by atoms with E-state index in [4.69, 9.17) is 0 Å². The average molecular weight is 231 g/mol. The molecular formula is C14H33NO. The molecule has 0 bridgehead atoms. The van der Waals surface area contributed by atoms with Crippen LogP contribution < -0.4 is 5.32 Å². The predicted molar refractivity (Wildman–Crippen MR) is 73.9 cm³/mol. The number of unbranched alkanes of at least 4 members (excludes halogenated alkanes) is 3. The van der Waals surface area contributed by atoms with Gasteiger partial charge < -0.3 is 10.4 Å². The minimum absolute atomic E-state index is 0.0873. The lowest BCUT2D eigenvalue weighted by Crippen LogP contribution is -2.21. The van der Waals surface area contributed by atoms with Gasteiger partial charge in [0, 0.05) is 0 Å². The van der Waals surface area contributed by atoms with Crippen LogP contribution in [0.1, 0.15) is 72.6 Å². The van der Waals surface area contributed by atoms with Crippen LogP contribution in [0, 0.1) is 0 Å². The number of hydrogen-bond donors (Lipinski definition) is 2. The monoisotopic (exact) mass is 231 g/mol. The summed E-state index contributed by atoms with van der Waals surface area (Å²) in [5.74, 6) is 0. The number of nitrogens with one attached hydrogen (secondary N) is 1. The van der Waals surface area contributed by atoms with Crippen molar-refractivity contribution in [2.45, 2.75) is 78.7 Å². The fourth-order valence-corrected chi connectivity index (χ4v) is 1.47. The summed E-state index contributed by atoms with van der Waals surface area (Å²) in [6.07, 6.45) is 7.94. The molecule has 100 valence electrons. The van der Waals surface area contributed by atoms with Gasteiger partial charge in [-0.05, 0) is 32.4 Å². The van der Waals surface area contributed by atoms with E-state index >= 15 is 0 Å². The zero-order valence-corrected chi connectivity index (χ0v) is 11.9. The molecule has 2 heteroatoms. The Morgan fingerprint density at radius 3 is 2.06 bits per heavy atom. The van der Waals surface area contributed by atoms with Crippen LogP contribution in [0.4, 0.5) is 0 Å². The van der Waals surface area contributed by atoms with Gasteiger partial charge in [-0.1, -0.05) is 53.4 Å². The molecule has 0 fully saturated rings. The van der Waals surface area contributed by atoms with Crippen molar-refractivity contribution in [2.75, 3.05) is 13.1 Å². The minimum atomic E-state index is -0.0873. The molecule has 0 spiro atoms. The van der Waals surface area contributed by atoms with Gasteiger partial charge >= 0.3 is 0 Å². The molecule has 0 aliphatic heterocycles. The van der Waals surface area contributed by atoms with Crippen molar-refractivity contribution >= 4 is 0 Å².